The Kier molecular flexibility index (Phi) is 3.83. The third-order valence-corrected chi connectivity index (χ3v) is 4.32. The summed E-state index contributed by atoms with van der Waals surface area (Å²) in [5.41, 5.74) is 1.32. The zero-order valence-electron chi connectivity index (χ0n) is 12.8. The van der Waals surface area contributed by atoms with Gasteiger partial charge >= 0.3 is 5.63 Å². The summed E-state index contributed by atoms with van der Waals surface area (Å²) in [6.07, 6.45) is 3.07. The van der Waals surface area contributed by atoms with Gasteiger partial charge in [-0.1, -0.05) is 18.2 Å². The average molecular weight is 349 g/mol. The lowest BCUT2D eigenvalue weighted by atomic mass is 10.1. The summed E-state index contributed by atoms with van der Waals surface area (Å²) < 4.78 is 5.32. The van der Waals surface area contributed by atoms with Gasteiger partial charge in [0.05, 0.1) is 16.8 Å². The first kappa shape index (κ1) is 15.2. The van der Waals surface area contributed by atoms with Crippen LogP contribution in [-0.2, 0) is 0 Å². The molecule has 0 aliphatic heterocycles. The summed E-state index contributed by atoms with van der Waals surface area (Å²) in [5, 5.41) is 5.62. The maximum Gasteiger partial charge on any atom is 0.345 e. The summed E-state index contributed by atoms with van der Waals surface area (Å²) in [7, 11) is 0. The van der Waals surface area contributed by atoms with Gasteiger partial charge in [0.25, 0.3) is 5.91 Å². The Bertz CT molecular complexity index is 1120. The maximum absolute atomic E-state index is 12.2. The predicted molar refractivity (Wildman–Crippen MR) is 95.8 cm³/mol. The summed E-state index contributed by atoms with van der Waals surface area (Å²) in [6, 6.07) is 12.4. The second kappa shape index (κ2) is 6.29. The van der Waals surface area contributed by atoms with Gasteiger partial charge in [-0.2, -0.15) is 0 Å². The number of pyridine rings is 1. The van der Waals surface area contributed by atoms with E-state index >= 15 is 0 Å². The van der Waals surface area contributed by atoms with E-state index in [1.807, 2.05) is 12.1 Å². The van der Waals surface area contributed by atoms with Crippen LogP contribution < -0.4 is 10.9 Å². The third kappa shape index (κ3) is 3.05. The van der Waals surface area contributed by atoms with Crippen molar-refractivity contribution in [3.8, 4) is 11.3 Å². The number of rotatable bonds is 3. The number of carbonyl (C=O) groups excluding carboxylic acids is 1. The Morgan fingerprint density at radius 3 is 2.88 bits per heavy atom. The number of amides is 1. The Morgan fingerprint density at radius 2 is 2.04 bits per heavy atom. The zero-order chi connectivity index (χ0) is 17.2. The topological polar surface area (TPSA) is 85.1 Å². The van der Waals surface area contributed by atoms with Crippen molar-refractivity contribution >= 4 is 33.3 Å². The summed E-state index contributed by atoms with van der Waals surface area (Å²) in [5.74, 6) is -0.306. The molecule has 3 heterocycles. The van der Waals surface area contributed by atoms with Gasteiger partial charge < -0.3 is 4.42 Å². The van der Waals surface area contributed by atoms with Crippen LogP contribution >= 0.6 is 11.3 Å². The Labute approximate surface area is 145 Å². The number of nitrogens with one attached hydrogen (secondary N) is 1. The van der Waals surface area contributed by atoms with Gasteiger partial charge in [0.1, 0.15) is 5.58 Å². The van der Waals surface area contributed by atoms with Crippen molar-refractivity contribution in [3.05, 3.63) is 76.2 Å². The molecule has 4 rings (SSSR count). The molecule has 1 aromatic carbocycles. The number of hydrogen-bond acceptors (Lipinski definition) is 6. The van der Waals surface area contributed by atoms with E-state index in [2.05, 4.69) is 15.3 Å². The molecule has 3 aromatic heterocycles. The molecule has 4 aromatic rings. The van der Waals surface area contributed by atoms with E-state index in [9.17, 15) is 9.59 Å². The molecule has 0 saturated heterocycles. The highest BCUT2D eigenvalue weighted by molar-refractivity contribution is 7.14. The number of fused-ring (bicyclic) bond motifs is 1. The molecule has 1 N–H and O–H groups in total. The minimum absolute atomic E-state index is 0.306. The molecule has 0 saturated carbocycles. The van der Waals surface area contributed by atoms with Crippen molar-refractivity contribution < 1.29 is 9.21 Å². The largest absolute Gasteiger partial charge is 0.422 e. The molecule has 0 spiro atoms. The van der Waals surface area contributed by atoms with Gasteiger partial charge in [-0.05, 0) is 24.3 Å². The van der Waals surface area contributed by atoms with E-state index in [4.69, 9.17) is 4.42 Å². The highest BCUT2D eigenvalue weighted by atomic mass is 32.1. The number of para-hydroxylation sites is 1. The number of hydrogen-bond donors (Lipinski definition) is 1. The number of thiazole rings is 1. The van der Waals surface area contributed by atoms with Gasteiger partial charge in [-0.15, -0.1) is 11.3 Å². The number of aromatic nitrogens is 2. The smallest absolute Gasteiger partial charge is 0.345 e. The average Bonchev–Trinajstić information content (AvgIpc) is 3.10. The molecule has 0 radical (unpaired) electrons. The van der Waals surface area contributed by atoms with Crippen molar-refractivity contribution in [1.82, 2.24) is 9.97 Å². The van der Waals surface area contributed by atoms with Gasteiger partial charge in [-0.3, -0.25) is 15.1 Å². The van der Waals surface area contributed by atoms with Crippen molar-refractivity contribution in [2.45, 2.75) is 0 Å². The normalized spacial score (nSPS) is 10.7. The first-order valence-electron chi connectivity index (χ1n) is 7.41. The maximum atomic E-state index is 12.2. The van der Waals surface area contributed by atoms with Crippen LogP contribution in [0.4, 0.5) is 5.13 Å². The lowest BCUT2D eigenvalue weighted by Crippen LogP contribution is -2.11. The van der Waals surface area contributed by atoms with Crippen LogP contribution in [0, 0.1) is 0 Å². The van der Waals surface area contributed by atoms with Crippen molar-refractivity contribution in [3.63, 3.8) is 0 Å². The van der Waals surface area contributed by atoms with Crippen LogP contribution in [0.5, 0.6) is 0 Å². The molecule has 0 aliphatic rings. The molecule has 0 aliphatic carbocycles. The fourth-order valence-electron chi connectivity index (χ4n) is 2.36. The van der Waals surface area contributed by atoms with Crippen LogP contribution in [0.15, 0.2) is 69.5 Å². The third-order valence-electron chi connectivity index (χ3n) is 3.57. The zero-order valence-corrected chi connectivity index (χ0v) is 13.6. The molecule has 0 fully saturated rings. The number of carbonyl (C=O) groups is 1. The molecular formula is C18H11N3O3S. The minimum Gasteiger partial charge on any atom is -0.422 e. The van der Waals surface area contributed by atoms with Gasteiger partial charge in [0, 0.05) is 23.2 Å². The lowest BCUT2D eigenvalue weighted by Gasteiger charge is -2.01. The molecular weight excluding hydrogens is 338 g/mol. The first-order chi connectivity index (χ1) is 12.2. The Hall–Kier alpha value is -3.32. The van der Waals surface area contributed by atoms with E-state index in [0.717, 1.165) is 5.39 Å². The van der Waals surface area contributed by atoms with Crippen LogP contribution in [0.25, 0.3) is 22.2 Å². The van der Waals surface area contributed by atoms with Crippen molar-refractivity contribution in [2.24, 2.45) is 0 Å². The Morgan fingerprint density at radius 1 is 1.16 bits per heavy atom. The second-order valence-electron chi connectivity index (χ2n) is 5.22. The summed E-state index contributed by atoms with van der Waals surface area (Å²) >= 11 is 1.24. The van der Waals surface area contributed by atoms with E-state index < -0.39 is 5.63 Å². The second-order valence-corrected chi connectivity index (χ2v) is 6.08. The highest BCUT2D eigenvalue weighted by Gasteiger charge is 2.13. The molecule has 1 amide bonds. The van der Waals surface area contributed by atoms with Crippen molar-refractivity contribution in [1.29, 1.82) is 0 Å². The van der Waals surface area contributed by atoms with Crippen LogP contribution in [0.3, 0.4) is 0 Å². The monoisotopic (exact) mass is 349 g/mol. The highest BCUT2D eigenvalue weighted by Crippen LogP contribution is 2.25. The van der Waals surface area contributed by atoms with Gasteiger partial charge in [0.2, 0.25) is 0 Å². The fourth-order valence-corrected chi connectivity index (χ4v) is 3.07. The van der Waals surface area contributed by atoms with Gasteiger partial charge in [-0.25, -0.2) is 9.78 Å². The van der Waals surface area contributed by atoms with E-state index in [1.54, 1.807) is 41.9 Å². The quantitative estimate of drug-likeness (QED) is 0.572. The van der Waals surface area contributed by atoms with Gasteiger partial charge in [0.15, 0.2) is 5.13 Å². The minimum atomic E-state index is -0.464. The molecule has 122 valence electrons. The predicted octanol–water partition coefficient (Wildman–Crippen LogP) is 3.56. The standard InChI is InChI=1S/C18H11N3O3S/c22-16(12-5-3-7-19-9-12)21-18-20-14(10-25-18)13-8-11-4-1-2-6-15(11)24-17(13)23/h1-10H,(H,20,21,22). The summed E-state index contributed by atoms with van der Waals surface area (Å²) in [4.78, 5) is 32.6. The van der Waals surface area contributed by atoms with Crippen LogP contribution in [0.1, 0.15) is 10.4 Å². The summed E-state index contributed by atoms with van der Waals surface area (Å²) in [6.45, 7) is 0. The molecule has 0 atom stereocenters. The van der Waals surface area contributed by atoms with E-state index in [1.165, 1.54) is 17.5 Å². The number of nitrogens with zero attached hydrogens (tertiary/aromatic N) is 2. The molecule has 7 heteroatoms. The SMILES string of the molecule is O=C(Nc1nc(-c2cc3ccccc3oc2=O)cs1)c1cccnc1. The van der Waals surface area contributed by atoms with Crippen LogP contribution in [-0.4, -0.2) is 15.9 Å². The Balaban J connectivity index is 1.64. The lowest BCUT2D eigenvalue weighted by molar-refractivity contribution is 0.102. The van der Waals surface area contributed by atoms with Crippen LogP contribution in [0.2, 0.25) is 0 Å². The first-order valence-corrected chi connectivity index (χ1v) is 8.29. The van der Waals surface area contributed by atoms with E-state index in [-0.39, 0.29) is 5.91 Å². The fraction of sp³-hybridized carbons (Fsp3) is 0. The molecule has 0 unspecified atom stereocenters. The number of benzene rings is 1. The molecule has 25 heavy (non-hydrogen) atoms. The van der Waals surface area contributed by atoms with Crippen molar-refractivity contribution in [2.75, 3.05) is 5.32 Å². The van der Waals surface area contributed by atoms with E-state index in [0.29, 0.717) is 27.5 Å². The molecule has 6 nitrogen and oxygen atoms in total. The molecule has 0 bridgehead atoms. The number of anilines is 1.